The Labute approximate surface area is 168 Å². The van der Waals surface area contributed by atoms with Crippen LogP contribution in [0.3, 0.4) is 0 Å². The second kappa shape index (κ2) is 10.7. The molecule has 0 saturated heterocycles. The molecular formula is C22H33N3O3. The molecule has 0 saturated carbocycles. The molecule has 28 heavy (non-hydrogen) atoms. The first-order valence-electron chi connectivity index (χ1n) is 10.1. The molecule has 2 rings (SSSR count). The normalized spacial score (nSPS) is 12.5. The Kier molecular flexibility index (Phi) is 8.36. The summed E-state index contributed by atoms with van der Waals surface area (Å²) in [5.41, 5.74) is 4.94. The zero-order valence-corrected chi connectivity index (χ0v) is 17.3. The third-order valence-corrected chi connectivity index (χ3v) is 4.89. The summed E-state index contributed by atoms with van der Waals surface area (Å²) in [6.45, 7) is 6.55. The summed E-state index contributed by atoms with van der Waals surface area (Å²) in [4.78, 5) is 15.4. The molecule has 0 fully saturated rings. The van der Waals surface area contributed by atoms with Crippen molar-refractivity contribution in [3.63, 3.8) is 0 Å². The van der Waals surface area contributed by atoms with Gasteiger partial charge in [-0.1, -0.05) is 27.2 Å². The Morgan fingerprint density at radius 3 is 2.50 bits per heavy atom. The molecule has 0 aliphatic heterocycles. The lowest BCUT2D eigenvalue weighted by atomic mass is 9.86. The topological polar surface area (TPSA) is 79.4 Å². The molecule has 1 heterocycles. The molecule has 2 N–H and O–H groups in total. The number of primary amides is 1. The number of ether oxygens (including phenoxy) is 2. The van der Waals surface area contributed by atoms with E-state index in [9.17, 15) is 4.79 Å². The number of benzene rings is 1. The van der Waals surface area contributed by atoms with Crippen LogP contribution in [-0.4, -0.2) is 22.1 Å². The number of unbranched alkanes of at least 4 members (excludes halogenated alkanes) is 2. The van der Waals surface area contributed by atoms with E-state index in [4.69, 9.17) is 15.2 Å². The Bertz CT molecular complexity index is 696. The molecule has 0 aliphatic carbocycles. The van der Waals surface area contributed by atoms with Crippen molar-refractivity contribution < 1.29 is 14.3 Å². The van der Waals surface area contributed by atoms with Crippen LogP contribution < -0.4 is 15.2 Å². The van der Waals surface area contributed by atoms with E-state index in [-0.39, 0.29) is 12.1 Å². The lowest BCUT2D eigenvalue weighted by Crippen LogP contribution is -2.31. The lowest BCUT2D eigenvalue weighted by Gasteiger charge is -2.20. The van der Waals surface area contributed by atoms with E-state index in [2.05, 4.69) is 11.9 Å². The molecule has 0 aliphatic rings. The van der Waals surface area contributed by atoms with Gasteiger partial charge in [0.1, 0.15) is 11.5 Å². The predicted molar refractivity (Wildman–Crippen MR) is 110 cm³/mol. The van der Waals surface area contributed by atoms with Gasteiger partial charge < -0.3 is 19.8 Å². The summed E-state index contributed by atoms with van der Waals surface area (Å²) in [7, 11) is 0. The van der Waals surface area contributed by atoms with E-state index >= 15 is 0 Å². The highest BCUT2D eigenvalue weighted by molar-refractivity contribution is 5.79. The zero-order chi connectivity index (χ0) is 20.4. The van der Waals surface area contributed by atoms with Gasteiger partial charge in [-0.05, 0) is 49.9 Å². The van der Waals surface area contributed by atoms with E-state index in [0.717, 1.165) is 50.0 Å². The number of carbonyl (C=O) groups is 1. The number of imidazole rings is 1. The molecular weight excluding hydrogens is 354 g/mol. The van der Waals surface area contributed by atoms with Crippen molar-refractivity contribution in [1.29, 1.82) is 0 Å². The molecule has 0 bridgehead atoms. The summed E-state index contributed by atoms with van der Waals surface area (Å²) < 4.78 is 13.9. The highest BCUT2D eigenvalue weighted by Crippen LogP contribution is 2.25. The number of carbonyl (C=O) groups excluding carboxylic acids is 1. The predicted octanol–water partition coefficient (Wildman–Crippen LogP) is 4.71. The van der Waals surface area contributed by atoms with Crippen molar-refractivity contribution in [2.45, 2.75) is 65.5 Å². The SMILES string of the molecule is CCCCC(Oc1ccc(OCCCCC(C)(C)C(N)=O)cc1)n1ccnc1. The molecule has 0 radical (unpaired) electrons. The maximum absolute atomic E-state index is 11.3. The standard InChI is InChI=1S/C22H33N3O3/c1-4-5-8-20(25-15-14-24-17-25)28-19-11-9-18(10-12-19)27-16-7-6-13-22(2,3)21(23)26/h9-12,14-15,17,20H,4-8,13,16H2,1-3H3,(H2,23,26). The van der Waals surface area contributed by atoms with E-state index in [0.29, 0.717) is 6.61 Å². The average molecular weight is 388 g/mol. The van der Waals surface area contributed by atoms with E-state index in [1.165, 1.54) is 0 Å². The Balaban J connectivity index is 1.78. The fourth-order valence-electron chi connectivity index (χ4n) is 2.84. The number of rotatable bonds is 13. The smallest absolute Gasteiger partial charge is 0.223 e. The molecule has 2 aromatic rings. The van der Waals surface area contributed by atoms with Gasteiger partial charge in [0.25, 0.3) is 0 Å². The van der Waals surface area contributed by atoms with Crippen LogP contribution in [0, 0.1) is 5.41 Å². The summed E-state index contributed by atoms with van der Waals surface area (Å²) in [5, 5.41) is 0. The van der Waals surface area contributed by atoms with Gasteiger partial charge in [0.15, 0.2) is 6.23 Å². The first kappa shape index (κ1) is 21.8. The Hall–Kier alpha value is -2.50. The van der Waals surface area contributed by atoms with Gasteiger partial charge in [0.2, 0.25) is 5.91 Å². The molecule has 1 aromatic heterocycles. The fourth-order valence-corrected chi connectivity index (χ4v) is 2.84. The minimum Gasteiger partial charge on any atom is -0.494 e. The van der Waals surface area contributed by atoms with Crippen molar-refractivity contribution in [3.05, 3.63) is 43.0 Å². The summed E-state index contributed by atoms with van der Waals surface area (Å²) in [6, 6.07) is 7.71. The van der Waals surface area contributed by atoms with Crippen LogP contribution in [0.1, 0.15) is 65.5 Å². The first-order valence-corrected chi connectivity index (χ1v) is 10.1. The van der Waals surface area contributed by atoms with Gasteiger partial charge in [-0.25, -0.2) is 4.98 Å². The number of hydrogen-bond donors (Lipinski definition) is 1. The summed E-state index contributed by atoms with van der Waals surface area (Å²) >= 11 is 0. The van der Waals surface area contributed by atoms with E-state index < -0.39 is 5.41 Å². The van der Waals surface area contributed by atoms with Gasteiger partial charge in [0.05, 0.1) is 12.9 Å². The minimum absolute atomic E-state index is 0.0529. The minimum atomic E-state index is -0.456. The second-order valence-electron chi connectivity index (χ2n) is 7.75. The zero-order valence-electron chi connectivity index (χ0n) is 17.3. The maximum Gasteiger partial charge on any atom is 0.223 e. The Morgan fingerprint density at radius 1 is 1.18 bits per heavy atom. The summed E-state index contributed by atoms with van der Waals surface area (Å²) in [6.07, 6.45) is 11.1. The van der Waals surface area contributed by atoms with E-state index in [1.807, 2.05) is 48.9 Å². The highest BCUT2D eigenvalue weighted by atomic mass is 16.5. The average Bonchev–Trinajstić information content (AvgIpc) is 3.20. The van der Waals surface area contributed by atoms with Gasteiger partial charge in [0, 0.05) is 24.2 Å². The van der Waals surface area contributed by atoms with Crippen molar-refractivity contribution in [1.82, 2.24) is 9.55 Å². The number of nitrogens with zero attached hydrogens (tertiary/aromatic N) is 2. The van der Waals surface area contributed by atoms with Crippen LogP contribution >= 0.6 is 0 Å². The van der Waals surface area contributed by atoms with Gasteiger partial charge in [-0.2, -0.15) is 0 Å². The van der Waals surface area contributed by atoms with Gasteiger partial charge >= 0.3 is 0 Å². The van der Waals surface area contributed by atoms with Crippen LogP contribution in [0.5, 0.6) is 11.5 Å². The lowest BCUT2D eigenvalue weighted by molar-refractivity contribution is -0.126. The third kappa shape index (κ3) is 6.91. The fraction of sp³-hybridized carbons (Fsp3) is 0.545. The van der Waals surface area contributed by atoms with Crippen LogP contribution in [0.2, 0.25) is 0 Å². The van der Waals surface area contributed by atoms with Gasteiger partial charge in [-0.3, -0.25) is 4.79 Å². The second-order valence-corrected chi connectivity index (χ2v) is 7.75. The quantitative estimate of drug-likeness (QED) is 0.505. The van der Waals surface area contributed by atoms with Crippen LogP contribution in [-0.2, 0) is 4.79 Å². The number of amides is 1. The molecule has 1 unspecified atom stereocenters. The van der Waals surface area contributed by atoms with Crippen molar-refractivity contribution in [2.75, 3.05) is 6.61 Å². The highest BCUT2D eigenvalue weighted by Gasteiger charge is 2.23. The largest absolute Gasteiger partial charge is 0.494 e. The molecule has 6 nitrogen and oxygen atoms in total. The number of hydrogen-bond acceptors (Lipinski definition) is 4. The molecule has 6 heteroatoms. The summed E-state index contributed by atoms with van der Waals surface area (Å²) in [5.74, 6) is 1.37. The Morgan fingerprint density at radius 2 is 1.89 bits per heavy atom. The van der Waals surface area contributed by atoms with Crippen molar-refractivity contribution in [3.8, 4) is 11.5 Å². The molecule has 0 spiro atoms. The molecule has 154 valence electrons. The van der Waals surface area contributed by atoms with Gasteiger partial charge in [-0.15, -0.1) is 0 Å². The monoisotopic (exact) mass is 387 g/mol. The van der Waals surface area contributed by atoms with Crippen LogP contribution in [0.25, 0.3) is 0 Å². The van der Waals surface area contributed by atoms with Crippen molar-refractivity contribution >= 4 is 5.91 Å². The maximum atomic E-state index is 11.3. The van der Waals surface area contributed by atoms with Crippen LogP contribution in [0.4, 0.5) is 0 Å². The molecule has 1 aromatic carbocycles. The van der Waals surface area contributed by atoms with Crippen molar-refractivity contribution in [2.24, 2.45) is 11.1 Å². The van der Waals surface area contributed by atoms with E-state index in [1.54, 1.807) is 12.5 Å². The van der Waals surface area contributed by atoms with Crippen LogP contribution in [0.15, 0.2) is 43.0 Å². The third-order valence-electron chi connectivity index (χ3n) is 4.89. The number of aromatic nitrogens is 2. The number of nitrogens with two attached hydrogens (primary N) is 1. The molecule has 1 amide bonds. The first-order chi connectivity index (χ1) is 13.4. The molecule has 1 atom stereocenters.